The van der Waals surface area contributed by atoms with E-state index in [1.165, 1.54) is 0 Å². The van der Waals surface area contributed by atoms with Crippen LogP contribution in [0.4, 0.5) is 5.69 Å². The maximum absolute atomic E-state index is 14.8. The number of hydrogen-bond acceptors (Lipinski definition) is 5. The zero-order chi connectivity index (χ0) is 30.5. The first-order valence-electron chi connectivity index (χ1n) is 14.9. The Morgan fingerprint density at radius 1 is 0.841 bits per heavy atom. The fourth-order valence-electron chi connectivity index (χ4n) is 6.01. The van der Waals surface area contributed by atoms with Gasteiger partial charge in [0.15, 0.2) is 0 Å². The lowest BCUT2D eigenvalue weighted by Gasteiger charge is -2.38. The van der Waals surface area contributed by atoms with Crippen LogP contribution in [0, 0.1) is 13.8 Å². The highest BCUT2D eigenvalue weighted by atomic mass is 16.5. The second-order valence-electron chi connectivity index (χ2n) is 11.1. The van der Waals surface area contributed by atoms with Gasteiger partial charge in [0.25, 0.3) is 5.91 Å². The summed E-state index contributed by atoms with van der Waals surface area (Å²) in [5, 5.41) is 4.75. The molecule has 7 nitrogen and oxygen atoms in total. The third-order valence-corrected chi connectivity index (χ3v) is 8.16. The number of anilines is 1. The van der Waals surface area contributed by atoms with Crippen molar-refractivity contribution in [2.75, 3.05) is 12.0 Å². The van der Waals surface area contributed by atoms with Crippen molar-refractivity contribution >= 4 is 11.6 Å². The lowest BCUT2D eigenvalue weighted by molar-refractivity contribution is 0.0968. The highest BCUT2D eigenvalue weighted by molar-refractivity contribution is 6.09. The van der Waals surface area contributed by atoms with E-state index in [4.69, 9.17) is 19.3 Å². The van der Waals surface area contributed by atoms with Crippen molar-refractivity contribution in [3.05, 3.63) is 142 Å². The minimum atomic E-state index is -0.195. The number of aryl methyl sites for hydroxylation is 2. The van der Waals surface area contributed by atoms with E-state index in [2.05, 4.69) is 6.07 Å². The number of para-hydroxylation sites is 1. The monoisotopic (exact) mass is 587 g/mol. The molecule has 1 atom stereocenters. The van der Waals surface area contributed by atoms with E-state index in [1.54, 1.807) is 7.11 Å². The van der Waals surface area contributed by atoms with Crippen LogP contribution in [-0.2, 0) is 31.1 Å². The van der Waals surface area contributed by atoms with Gasteiger partial charge in [0.1, 0.15) is 31.4 Å². The van der Waals surface area contributed by atoms with Gasteiger partial charge in [-0.05, 0) is 61.6 Å². The Morgan fingerprint density at radius 3 is 2.20 bits per heavy atom. The molecule has 1 aliphatic rings. The Kier molecular flexibility index (Phi) is 8.75. The molecular weight excluding hydrogens is 550 g/mol. The minimum Gasteiger partial charge on any atom is -0.489 e. The summed E-state index contributed by atoms with van der Waals surface area (Å²) in [6.07, 6.45) is 1.64. The second-order valence-corrected chi connectivity index (χ2v) is 11.1. The zero-order valence-electron chi connectivity index (χ0n) is 25.4. The van der Waals surface area contributed by atoms with Crippen molar-refractivity contribution in [1.29, 1.82) is 0 Å². The zero-order valence-corrected chi connectivity index (χ0v) is 25.4. The SMILES string of the molecule is COCn1nc(C)c(C2CCc3ccccc3N2C(=O)c2ccc(OCc3ccccc3)cc2OCc2ccccc2)c1C. The molecule has 0 aliphatic carbocycles. The van der Waals surface area contributed by atoms with E-state index in [1.807, 2.05) is 120 Å². The van der Waals surface area contributed by atoms with Gasteiger partial charge in [0.05, 0.1) is 17.3 Å². The number of rotatable bonds is 10. The van der Waals surface area contributed by atoms with Crippen LogP contribution in [0.3, 0.4) is 0 Å². The van der Waals surface area contributed by atoms with E-state index in [-0.39, 0.29) is 11.9 Å². The van der Waals surface area contributed by atoms with E-state index in [0.29, 0.717) is 37.0 Å². The molecule has 7 heteroatoms. The Bertz CT molecular complexity index is 1730. The summed E-state index contributed by atoms with van der Waals surface area (Å²) in [6, 6.07) is 33.4. The lowest BCUT2D eigenvalue weighted by Crippen LogP contribution is -2.39. The van der Waals surface area contributed by atoms with E-state index in [0.717, 1.165) is 52.2 Å². The molecular formula is C37H37N3O4. The molecule has 1 aliphatic heterocycles. The fourth-order valence-corrected chi connectivity index (χ4v) is 6.01. The van der Waals surface area contributed by atoms with Gasteiger partial charge in [0.2, 0.25) is 0 Å². The highest BCUT2D eigenvalue weighted by Crippen LogP contribution is 2.42. The summed E-state index contributed by atoms with van der Waals surface area (Å²) in [6.45, 7) is 5.14. The predicted octanol–water partition coefficient (Wildman–Crippen LogP) is 7.60. The Balaban J connectivity index is 1.39. The number of ether oxygens (including phenoxy) is 3. The molecule has 4 aromatic carbocycles. The largest absolute Gasteiger partial charge is 0.489 e. The Morgan fingerprint density at radius 2 is 1.50 bits per heavy atom. The summed E-state index contributed by atoms with van der Waals surface area (Å²) in [5.41, 5.74) is 7.56. The highest BCUT2D eigenvalue weighted by Gasteiger charge is 2.36. The number of benzene rings is 4. The summed E-state index contributed by atoms with van der Waals surface area (Å²) in [7, 11) is 1.66. The maximum Gasteiger partial charge on any atom is 0.262 e. The number of nitrogens with zero attached hydrogens (tertiary/aromatic N) is 3. The second kappa shape index (κ2) is 13.2. The number of hydrogen-bond donors (Lipinski definition) is 0. The van der Waals surface area contributed by atoms with Crippen molar-refractivity contribution in [1.82, 2.24) is 9.78 Å². The van der Waals surface area contributed by atoms with Gasteiger partial charge in [0, 0.05) is 30.1 Å². The maximum atomic E-state index is 14.8. The molecule has 44 heavy (non-hydrogen) atoms. The molecule has 0 spiro atoms. The van der Waals surface area contributed by atoms with E-state index in [9.17, 15) is 4.79 Å². The molecule has 2 heterocycles. The molecule has 0 saturated heterocycles. The molecule has 1 amide bonds. The van der Waals surface area contributed by atoms with Crippen LogP contribution in [0.1, 0.15) is 56.5 Å². The van der Waals surface area contributed by atoms with Gasteiger partial charge in [-0.3, -0.25) is 4.79 Å². The topological polar surface area (TPSA) is 65.8 Å². The summed E-state index contributed by atoms with van der Waals surface area (Å²) < 4.78 is 19.8. The lowest BCUT2D eigenvalue weighted by atomic mass is 9.89. The molecule has 6 rings (SSSR count). The van der Waals surface area contributed by atoms with Crippen LogP contribution in [0.25, 0.3) is 0 Å². The Hall–Kier alpha value is -4.88. The van der Waals surface area contributed by atoms with E-state index >= 15 is 0 Å². The Labute approximate surface area is 258 Å². The minimum absolute atomic E-state index is 0.127. The molecule has 0 radical (unpaired) electrons. The van der Waals surface area contributed by atoms with Crippen molar-refractivity contribution in [2.45, 2.75) is 52.7 Å². The average Bonchev–Trinajstić information content (AvgIpc) is 3.34. The van der Waals surface area contributed by atoms with Crippen LogP contribution < -0.4 is 14.4 Å². The van der Waals surface area contributed by atoms with Crippen molar-refractivity contribution < 1.29 is 19.0 Å². The van der Waals surface area contributed by atoms with Gasteiger partial charge < -0.3 is 19.1 Å². The van der Waals surface area contributed by atoms with Crippen LogP contribution in [0.5, 0.6) is 11.5 Å². The average molecular weight is 588 g/mol. The van der Waals surface area contributed by atoms with Crippen LogP contribution in [0.15, 0.2) is 103 Å². The molecule has 0 fully saturated rings. The number of amides is 1. The number of carbonyl (C=O) groups is 1. The standard InChI is InChI=1S/C37H37N3O4/c1-26-36(27(2)39(38-26)25-42-3)34-21-18-30-16-10-11-17-33(30)40(34)37(41)32-20-19-31(43-23-28-12-6-4-7-13-28)22-35(32)44-24-29-14-8-5-9-15-29/h4-17,19-20,22,34H,18,21,23-25H2,1-3H3. The number of methoxy groups -OCH3 is 1. The number of fused-ring (bicyclic) bond motifs is 1. The molecule has 224 valence electrons. The molecule has 1 aromatic heterocycles. The third-order valence-electron chi connectivity index (χ3n) is 8.16. The first kappa shape index (κ1) is 29.2. The van der Waals surface area contributed by atoms with Crippen LogP contribution in [-0.4, -0.2) is 22.8 Å². The fraction of sp³-hybridized carbons (Fsp3) is 0.243. The first-order chi connectivity index (χ1) is 21.5. The summed E-state index contributed by atoms with van der Waals surface area (Å²) in [5.74, 6) is 0.990. The molecule has 0 N–H and O–H groups in total. The van der Waals surface area contributed by atoms with Crippen molar-refractivity contribution in [2.24, 2.45) is 0 Å². The van der Waals surface area contributed by atoms with Gasteiger partial charge in [-0.25, -0.2) is 4.68 Å². The van der Waals surface area contributed by atoms with Crippen molar-refractivity contribution in [3.8, 4) is 11.5 Å². The third kappa shape index (κ3) is 6.10. The van der Waals surface area contributed by atoms with E-state index < -0.39 is 0 Å². The normalized spacial score (nSPS) is 14.2. The molecule has 1 unspecified atom stereocenters. The van der Waals surface area contributed by atoms with Crippen LogP contribution in [0.2, 0.25) is 0 Å². The number of carbonyl (C=O) groups excluding carboxylic acids is 1. The van der Waals surface area contributed by atoms with Gasteiger partial charge in [-0.1, -0.05) is 78.9 Å². The van der Waals surface area contributed by atoms with Gasteiger partial charge >= 0.3 is 0 Å². The van der Waals surface area contributed by atoms with Crippen molar-refractivity contribution in [3.63, 3.8) is 0 Å². The quantitative estimate of drug-likeness (QED) is 0.168. The molecule has 0 bridgehead atoms. The summed E-state index contributed by atoms with van der Waals surface area (Å²) >= 11 is 0. The molecule has 5 aromatic rings. The summed E-state index contributed by atoms with van der Waals surface area (Å²) in [4.78, 5) is 16.7. The smallest absolute Gasteiger partial charge is 0.262 e. The van der Waals surface area contributed by atoms with Gasteiger partial charge in [-0.2, -0.15) is 5.10 Å². The number of aromatic nitrogens is 2. The molecule has 0 saturated carbocycles. The predicted molar refractivity (Wildman–Crippen MR) is 171 cm³/mol. The van der Waals surface area contributed by atoms with Crippen LogP contribution >= 0.6 is 0 Å². The first-order valence-corrected chi connectivity index (χ1v) is 14.9. The van der Waals surface area contributed by atoms with Gasteiger partial charge in [-0.15, -0.1) is 0 Å².